The van der Waals surface area contributed by atoms with Crippen molar-refractivity contribution in [2.24, 2.45) is 5.41 Å². The van der Waals surface area contributed by atoms with Crippen LogP contribution < -0.4 is 4.74 Å². The molecule has 1 aliphatic carbocycles. The molecule has 0 radical (unpaired) electrons. The lowest BCUT2D eigenvalue weighted by Gasteiger charge is -2.28. The van der Waals surface area contributed by atoms with Gasteiger partial charge in [-0.2, -0.15) is 26.3 Å². The number of aliphatic carboxylic acids is 1. The van der Waals surface area contributed by atoms with Crippen LogP contribution >= 0.6 is 11.6 Å². The quantitative estimate of drug-likeness (QED) is 0.554. The van der Waals surface area contributed by atoms with Gasteiger partial charge in [0, 0.05) is 12.6 Å². The molecule has 34 heavy (non-hydrogen) atoms. The lowest BCUT2D eigenvalue weighted by molar-refractivity contribution is -0.199. The molecule has 1 aliphatic heterocycles. The first-order valence-corrected chi connectivity index (χ1v) is 11.7. The second kappa shape index (κ2) is 8.47. The molecule has 0 unspecified atom stereocenters. The summed E-state index contributed by atoms with van der Waals surface area (Å²) >= 11 is 5.94. The van der Waals surface area contributed by atoms with Crippen LogP contribution in [-0.2, 0) is 19.4 Å². The van der Waals surface area contributed by atoms with Crippen molar-refractivity contribution in [1.29, 1.82) is 0 Å². The summed E-state index contributed by atoms with van der Waals surface area (Å²) in [6.45, 7) is -0.0854. The fourth-order valence-corrected chi connectivity index (χ4v) is 5.97. The van der Waals surface area contributed by atoms with Gasteiger partial charge in [-0.1, -0.05) is 11.6 Å². The summed E-state index contributed by atoms with van der Waals surface area (Å²) in [7, 11) is -4.48. The molecule has 1 saturated heterocycles. The maximum absolute atomic E-state index is 13.4. The molecule has 1 amide bonds. The number of halogens is 7. The Hall–Kier alpha value is -2.22. The van der Waals surface area contributed by atoms with Crippen molar-refractivity contribution in [2.45, 2.75) is 60.8 Å². The van der Waals surface area contributed by atoms with Gasteiger partial charge < -0.3 is 14.7 Å². The highest BCUT2D eigenvalue weighted by Crippen LogP contribution is 2.59. The molecule has 0 aromatic heterocycles. The zero-order valence-corrected chi connectivity index (χ0v) is 18.9. The number of likely N-dealkylation sites (tertiary alicyclic amines) is 1. The Morgan fingerprint density at radius 1 is 1.21 bits per heavy atom. The van der Waals surface area contributed by atoms with Gasteiger partial charge in [0.2, 0.25) is 5.91 Å². The van der Waals surface area contributed by atoms with Gasteiger partial charge in [0.25, 0.3) is 0 Å². The Bertz CT molecular complexity index is 1100. The van der Waals surface area contributed by atoms with Crippen molar-refractivity contribution in [2.75, 3.05) is 6.54 Å². The molecule has 1 N–H and O–H groups in total. The van der Waals surface area contributed by atoms with Gasteiger partial charge in [-0.05, 0) is 38.3 Å². The molecule has 7 nitrogen and oxygen atoms in total. The van der Waals surface area contributed by atoms with Gasteiger partial charge in [-0.3, -0.25) is 4.79 Å². The highest BCUT2D eigenvalue weighted by atomic mass is 35.5. The largest absolute Gasteiger partial charge is 0.481 e. The number of rotatable bonds is 6. The summed E-state index contributed by atoms with van der Waals surface area (Å²) in [6, 6.07) is 0.790. The minimum Gasteiger partial charge on any atom is -0.481 e. The molecule has 1 heterocycles. The number of carbonyl (C=O) groups excluding carboxylic acids is 1. The van der Waals surface area contributed by atoms with Crippen molar-refractivity contribution in [1.82, 2.24) is 4.90 Å². The van der Waals surface area contributed by atoms with Crippen LogP contribution in [0.4, 0.5) is 26.3 Å². The van der Waals surface area contributed by atoms with Gasteiger partial charge in [0.15, 0.2) is 15.9 Å². The highest BCUT2D eigenvalue weighted by Gasteiger charge is 2.70. The first kappa shape index (κ1) is 26.4. The summed E-state index contributed by atoms with van der Waals surface area (Å²) in [6.07, 6.45) is -13.6. The smallest absolute Gasteiger partial charge is 0.425 e. The number of nitrogens with zero attached hydrogens (tertiary/aromatic N) is 1. The number of amides is 1. The van der Waals surface area contributed by atoms with Crippen LogP contribution in [0.15, 0.2) is 23.1 Å². The van der Waals surface area contributed by atoms with E-state index in [9.17, 15) is 49.5 Å². The number of carbonyl (C=O) groups is 2. The van der Waals surface area contributed by atoms with Crippen molar-refractivity contribution >= 4 is 33.3 Å². The van der Waals surface area contributed by atoms with E-state index >= 15 is 0 Å². The summed E-state index contributed by atoms with van der Waals surface area (Å²) in [5, 5.41) is 7.28. The van der Waals surface area contributed by atoms with Crippen molar-refractivity contribution in [3.05, 3.63) is 23.2 Å². The molecule has 2 aliphatic rings. The van der Waals surface area contributed by atoms with E-state index in [0.29, 0.717) is 4.90 Å². The summed E-state index contributed by atoms with van der Waals surface area (Å²) < 4.78 is 109. The first-order valence-electron chi connectivity index (χ1n) is 9.79. The van der Waals surface area contributed by atoms with E-state index in [2.05, 4.69) is 4.74 Å². The third-order valence-corrected chi connectivity index (χ3v) is 8.55. The van der Waals surface area contributed by atoms with Crippen molar-refractivity contribution in [3.8, 4) is 5.75 Å². The minimum atomic E-state index is -4.92. The maximum atomic E-state index is 13.4. The van der Waals surface area contributed by atoms with Gasteiger partial charge in [0.05, 0.1) is 15.2 Å². The number of ether oxygens (including phenoxy) is 1. The molecule has 1 saturated carbocycles. The topological polar surface area (TPSA) is 101 Å². The van der Waals surface area contributed by atoms with Crippen LogP contribution in [-0.4, -0.2) is 66.6 Å². The van der Waals surface area contributed by atoms with Gasteiger partial charge in [-0.25, -0.2) is 13.2 Å². The standard InChI is InChI=1S/C19H18ClF6NO6S/c1-9(18(21,22)23)33-10-2-3-14(12(20)6-10)34(31,32)11-7-13(15(28)29)27(8-11)16(30)17(4-5-17)19(24,25)26/h2-3,6,9,11,13H,4-5,7-8H2,1H3,(H,28,29)/t9-,11+,13-/m0/s1. The monoisotopic (exact) mass is 537 g/mol. The van der Waals surface area contributed by atoms with Crippen LogP contribution in [0.3, 0.4) is 0 Å². The second-order valence-electron chi connectivity index (χ2n) is 8.19. The Labute approximate surface area is 194 Å². The third-order valence-electron chi connectivity index (χ3n) is 5.93. The number of carboxylic acid groups (broad SMARTS) is 1. The Kier molecular flexibility index (Phi) is 6.57. The van der Waals surface area contributed by atoms with Gasteiger partial charge in [0.1, 0.15) is 17.2 Å². The van der Waals surface area contributed by atoms with E-state index < -0.39 is 92.6 Å². The van der Waals surface area contributed by atoms with Crippen LogP contribution in [0.2, 0.25) is 5.02 Å². The summed E-state index contributed by atoms with van der Waals surface area (Å²) in [4.78, 5) is 24.1. The number of benzene rings is 1. The Balaban J connectivity index is 1.87. The molecule has 3 rings (SSSR count). The number of hydrogen-bond donors (Lipinski definition) is 1. The molecule has 15 heteroatoms. The number of sulfone groups is 1. The number of carboxylic acids is 1. The lowest BCUT2D eigenvalue weighted by Crippen LogP contribution is -2.48. The molecule has 1 aromatic carbocycles. The number of hydrogen-bond acceptors (Lipinski definition) is 5. The molecule has 0 spiro atoms. The average Bonchev–Trinajstić information content (AvgIpc) is 3.38. The summed E-state index contributed by atoms with van der Waals surface area (Å²) in [5.41, 5.74) is -2.73. The Morgan fingerprint density at radius 2 is 1.79 bits per heavy atom. The molecule has 1 aromatic rings. The normalized spacial score (nSPS) is 23.5. The third kappa shape index (κ3) is 4.66. The van der Waals surface area contributed by atoms with Crippen molar-refractivity contribution in [3.63, 3.8) is 0 Å². The number of alkyl halides is 6. The summed E-state index contributed by atoms with van der Waals surface area (Å²) in [5.74, 6) is -3.55. The predicted molar refractivity (Wildman–Crippen MR) is 104 cm³/mol. The molecular weight excluding hydrogens is 520 g/mol. The predicted octanol–water partition coefficient (Wildman–Crippen LogP) is 3.84. The van der Waals surface area contributed by atoms with E-state index in [-0.39, 0.29) is 5.75 Å². The average molecular weight is 538 g/mol. The van der Waals surface area contributed by atoms with E-state index in [1.54, 1.807) is 0 Å². The fraction of sp³-hybridized carbons (Fsp3) is 0.579. The van der Waals surface area contributed by atoms with E-state index in [1.165, 1.54) is 0 Å². The zero-order chi connectivity index (χ0) is 25.9. The van der Waals surface area contributed by atoms with Crippen LogP contribution in [0.5, 0.6) is 5.75 Å². The van der Waals surface area contributed by atoms with E-state index in [1.807, 2.05) is 0 Å². The SMILES string of the molecule is C[C@H](Oc1ccc(S(=O)(=O)[C@@H]2C[C@@H](C(=O)O)N(C(=O)C3(C(F)(F)F)CC3)C2)c(Cl)c1)C(F)(F)F. The molecular formula is C19H18ClF6NO6S. The first-order chi connectivity index (χ1) is 15.4. The maximum Gasteiger partial charge on any atom is 0.425 e. The van der Waals surface area contributed by atoms with E-state index in [0.717, 1.165) is 25.1 Å². The van der Waals surface area contributed by atoms with Crippen LogP contribution in [0, 0.1) is 5.41 Å². The molecule has 2 fully saturated rings. The van der Waals surface area contributed by atoms with E-state index in [4.69, 9.17) is 11.6 Å². The van der Waals surface area contributed by atoms with Gasteiger partial charge in [-0.15, -0.1) is 0 Å². The highest BCUT2D eigenvalue weighted by molar-refractivity contribution is 7.92. The zero-order valence-electron chi connectivity index (χ0n) is 17.3. The van der Waals surface area contributed by atoms with Crippen LogP contribution in [0.25, 0.3) is 0 Å². The van der Waals surface area contributed by atoms with Crippen molar-refractivity contribution < 1.29 is 54.2 Å². The Morgan fingerprint density at radius 3 is 2.24 bits per heavy atom. The second-order valence-corrected chi connectivity index (χ2v) is 10.8. The minimum absolute atomic E-state index is 0.388. The van der Waals surface area contributed by atoms with Crippen LogP contribution in [0.1, 0.15) is 26.2 Å². The fourth-order valence-electron chi connectivity index (χ4n) is 3.74. The molecule has 3 atom stereocenters. The molecule has 190 valence electrons. The lowest BCUT2D eigenvalue weighted by atomic mass is 10.0. The van der Waals surface area contributed by atoms with Gasteiger partial charge >= 0.3 is 18.3 Å². The molecule has 0 bridgehead atoms.